The number of aromatic amines is 1. The summed E-state index contributed by atoms with van der Waals surface area (Å²) < 4.78 is 7.43. The van der Waals surface area contributed by atoms with Gasteiger partial charge in [-0.25, -0.2) is 19.9 Å². The number of aliphatic hydroxyl groups is 2. The van der Waals surface area contributed by atoms with Crippen molar-refractivity contribution in [3.63, 3.8) is 0 Å². The Kier molecular flexibility index (Phi) is 5.26. The van der Waals surface area contributed by atoms with Gasteiger partial charge < -0.3 is 25.7 Å². The molecular formula is C18H23N7O4S. The fraction of sp³-hybridized carbons (Fsp3) is 0.500. The van der Waals surface area contributed by atoms with E-state index in [-0.39, 0.29) is 22.5 Å². The number of aliphatic hydroxyl groups excluding tert-OH is 2. The highest BCUT2D eigenvalue weighted by Crippen LogP contribution is 2.34. The maximum Gasteiger partial charge on any atom is 0.251 e. The van der Waals surface area contributed by atoms with Crippen molar-refractivity contribution in [3.05, 3.63) is 34.8 Å². The lowest BCUT2D eigenvalue weighted by Crippen LogP contribution is -2.32. The number of aromatic nitrogens is 6. The molecule has 5 N–H and O–H groups in total. The number of hydrogen-bond donors (Lipinski definition) is 4. The summed E-state index contributed by atoms with van der Waals surface area (Å²) in [5.74, 6) is 0.488. The first-order chi connectivity index (χ1) is 14.1. The van der Waals surface area contributed by atoms with Gasteiger partial charge >= 0.3 is 0 Å². The van der Waals surface area contributed by atoms with E-state index in [1.807, 2.05) is 20.8 Å². The molecule has 0 bridgehead atoms. The molecular weight excluding hydrogens is 410 g/mol. The first-order valence-corrected chi connectivity index (χ1v) is 10.3. The maximum atomic E-state index is 12.0. The fourth-order valence-corrected chi connectivity index (χ4v) is 4.14. The van der Waals surface area contributed by atoms with E-state index in [4.69, 9.17) is 10.5 Å². The molecule has 12 heteroatoms. The number of nitrogens with zero attached hydrogens (tertiary/aromatic N) is 5. The first kappa shape index (κ1) is 20.7. The van der Waals surface area contributed by atoms with E-state index in [1.165, 1.54) is 35.0 Å². The average Bonchev–Trinajstić information content (AvgIpc) is 3.22. The predicted molar refractivity (Wildman–Crippen MR) is 110 cm³/mol. The quantitative estimate of drug-likeness (QED) is 0.330. The van der Waals surface area contributed by atoms with Gasteiger partial charge in [0.05, 0.1) is 18.1 Å². The van der Waals surface area contributed by atoms with E-state index >= 15 is 0 Å². The zero-order valence-corrected chi connectivity index (χ0v) is 17.5. The molecule has 0 aliphatic carbocycles. The third-order valence-electron chi connectivity index (χ3n) is 4.87. The second-order valence-corrected chi connectivity index (χ2v) is 9.13. The van der Waals surface area contributed by atoms with Gasteiger partial charge in [-0.15, -0.1) is 0 Å². The summed E-state index contributed by atoms with van der Waals surface area (Å²) in [6, 6.07) is 1.47. The minimum absolute atomic E-state index is 0.215. The number of nitrogens with one attached hydrogen (secondary N) is 1. The van der Waals surface area contributed by atoms with Crippen LogP contribution in [0.4, 0.5) is 5.82 Å². The number of fused-ring (bicyclic) bond motifs is 1. The molecule has 0 unspecified atom stereocenters. The number of hydrogen-bond acceptors (Lipinski definition) is 10. The van der Waals surface area contributed by atoms with Crippen LogP contribution in [0.25, 0.3) is 11.2 Å². The van der Waals surface area contributed by atoms with Crippen LogP contribution in [0, 0.1) is 0 Å². The summed E-state index contributed by atoms with van der Waals surface area (Å²) in [7, 11) is 0. The number of H-pyrrole nitrogens is 1. The third-order valence-corrected chi connectivity index (χ3v) is 5.83. The molecule has 11 nitrogen and oxygen atoms in total. The van der Waals surface area contributed by atoms with Crippen LogP contribution in [-0.2, 0) is 10.2 Å². The minimum Gasteiger partial charge on any atom is -0.387 e. The van der Waals surface area contributed by atoms with Crippen molar-refractivity contribution in [2.24, 2.45) is 0 Å². The smallest absolute Gasteiger partial charge is 0.251 e. The van der Waals surface area contributed by atoms with Gasteiger partial charge in [0.15, 0.2) is 22.8 Å². The number of nitrogens with two attached hydrogens (primary N) is 1. The molecule has 4 rings (SSSR count). The predicted octanol–water partition coefficient (Wildman–Crippen LogP) is 0.201. The fourth-order valence-electron chi connectivity index (χ4n) is 3.20. The summed E-state index contributed by atoms with van der Waals surface area (Å²) in [5, 5.41) is 21.5. The van der Waals surface area contributed by atoms with E-state index in [2.05, 4.69) is 24.9 Å². The zero-order chi connectivity index (χ0) is 21.6. The van der Waals surface area contributed by atoms with Crippen LogP contribution in [-0.4, -0.2) is 63.8 Å². The standard InChI is InChI=1S/C18H23N7O4S/c1-18(2,3)9-4-10(26)24-17(23-9)30-5-8-12(27)13(28)16(29-8)25-7-22-11-14(19)20-6-21-15(11)25/h4,6-8,12-13,16,27-28H,5H2,1-3H3,(H2,19,20,21)(H,23,24,26)/t8-,12-,13-,16-/m1/s1. The van der Waals surface area contributed by atoms with Crippen molar-refractivity contribution >= 4 is 28.7 Å². The Labute approximate surface area is 175 Å². The van der Waals surface area contributed by atoms with Crippen molar-refractivity contribution in [2.45, 2.75) is 55.9 Å². The largest absolute Gasteiger partial charge is 0.387 e. The first-order valence-electron chi connectivity index (χ1n) is 9.34. The number of rotatable bonds is 4. The molecule has 0 radical (unpaired) electrons. The van der Waals surface area contributed by atoms with Crippen LogP contribution in [0.2, 0.25) is 0 Å². The zero-order valence-electron chi connectivity index (χ0n) is 16.7. The highest BCUT2D eigenvalue weighted by molar-refractivity contribution is 7.99. The molecule has 3 aromatic heterocycles. The van der Waals surface area contributed by atoms with E-state index in [9.17, 15) is 15.0 Å². The monoisotopic (exact) mass is 433 g/mol. The van der Waals surface area contributed by atoms with Crippen LogP contribution in [0.3, 0.4) is 0 Å². The number of imidazole rings is 1. The van der Waals surface area contributed by atoms with Gasteiger partial charge in [-0.1, -0.05) is 32.5 Å². The Morgan fingerprint density at radius 3 is 2.77 bits per heavy atom. The summed E-state index contributed by atoms with van der Waals surface area (Å²) in [6.45, 7) is 5.92. The van der Waals surface area contributed by atoms with Gasteiger partial charge in [-0.05, 0) is 0 Å². The molecule has 1 saturated heterocycles. The molecule has 1 aliphatic rings. The number of anilines is 1. The van der Waals surface area contributed by atoms with Crippen LogP contribution in [0.15, 0.2) is 28.7 Å². The lowest BCUT2D eigenvalue weighted by Gasteiger charge is -2.18. The molecule has 160 valence electrons. The lowest BCUT2D eigenvalue weighted by molar-refractivity contribution is -0.0289. The van der Waals surface area contributed by atoms with Crippen molar-refractivity contribution in [1.29, 1.82) is 0 Å². The van der Waals surface area contributed by atoms with Gasteiger partial charge in [0, 0.05) is 17.2 Å². The number of nitrogen functional groups attached to an aromatic ring is 1. The summed E-state index contributed by atoms with van der Waals surface area (Å²) in [4.78, 5) is 31.4. The molecule has 0 aromatic carbocycles. The topological polar surface area (TPSA) is 165 Å². The Morgan fingerprint density at radius 2 is 2.03 bits per heavy atom. The Hall–Kier alpha value is -2.54. The summed E-state index contributed by atoms with van der Waals surface area (Å²) in [5.41, 5.74) is 6.74. The second kappa shape index (κ2) is 7.61. The highest BCUT2D eigenvalue weighted by atomic mass is 32.2. The Morgan fingerprint density at radius 1 is 1.27 bits per heavy atom. The normalized spacial score (nSPS) is 24.6. The number of ether oxygens (including phenoxy) is 1. The van der Waals surface area contributed by atoms with Gasteiger partial charge in [0.2, 0.25) is 0 Å². The van der Waals surface area contributed by atoms with Crippen LogP contribution in [0.1, 0.15) is 32.7 Å². The van der Waals surface area contributed by atoms with Crippen molar-refractivity contribution in [1.82, 2.24) is 29.5 Å². The van der Waals surface area contributed by atoms with Crippen LogP contribution < -0.4 is 11.3 Å². The maximum absolute atomic E-state index is 12.0. The van der Waals surface area contributed by atoms with Crippen molar-refractivity contribution in [2.75, 3.05) is 11.5 Å². The van der Waals surface area contributed by atoms with E-state index in [1.54, 1.807) is 0 Å². The van der Waals surface area contributed by atoms with Gasteiger partial charge in [0.25, 0.3) is 5.56 Å². The average molecular weight is 433 g/mol. The van der Waals surface area contributed by atoms with E-state index in [0.717, 1.165) is 0 Å². The molecule has 0 spiro atoms. The Balaban J connectivity index is 1.52. The van der Waals surface area contributed by atoms with Gasteiger partial charge in [0.1, 0.15) is 24.1 Å². The molecule has 1 fully saturated rings. The molecule has 3 aromatic rings. The van der Waals surface area contributed by atoms with Crippen molar-refractivity contribution in [3.8, 4) is 0 Å². The molecule has 4 heterocycles. The van der Waals surface area contributed by atoms with Gasteiger partial charge in [-0.3, -0.25) is 9.36 Å². The lowest BCUT2D eigenvalue weighted by atomic mass is 9.92. The van der Waals surface area contributed by atoms with E-state index < -0.39 is 24.5 Å². The second-order valence-electron chi connectivity index (χ2n) is 8.13. The molecule has 1 aliphatic heterocycles. The third kappa shape index (κ3) is 3.78. The SMILES string of the molecule is CC(C)(C)c1cc(=O)[nH]c(SC[C@H]2O[C@@H](n3cnc4c(N)ncnc43)[C@H](O)[C@@H]2O)n1. The molecule has 0 amide bonds. The molecule has 30 heavy (non-hydrogen) atoms. The van der Waals surface area contributed by atoms with Crippen molar-refractivity contribution < 1.29 is 14.9 Å². The van der Waals surface area contributed by atoms with Gasteiger partial charge in [-0.2, -0.15) is 0 Å². The van der Waals surface area contributed by atoms with Crippen LogP contribution in [0.5, 0.6) is 0 Å². The Bertz CT molecular complexity index is 1130. The van der Waals surface area contributed by atoms with E-state index in [0.29, 0.717) is 22.0 Å². The highest BCUT2D eigenvalue weighted by Gasteiger charge is 2.44. The molecule has 0 saturated carbocycles. The summed E-state index contributed by atoms with van der Waals surface area (Å²) >= 11 is 1.24. The minimum atomic E-state index is -1.20. The summed E-state index contributed by atoms with van der Waals surface area (Å²) in [6.07, 6.45) is -1.19. The van der Waals surface area contributed by atoms with Crippen LogP contribution >= 0.6 is 11.8 Å². The number of thioether (sulfide) groups is 1. The molecule has 4 atom stereocenters.